The van der Waals surface area contributed by atoms with Crippen molar-refractivity contribution < 1.29 is 9.72 Å². The normalized spacial score (nSPS) is 14.3. The van der Waals surface area contributed by atoms with Crippen molar-refractivity contribution >= 4 is 17.6 Å². The van der Waals surface area contributed by atoms with E-state index in [1.165, 1.54) is 11.3 Å². The topological polar surface area (TPSA) is 60.2 Å². The van der Waals surface area contributed by atoms with Gasteiger partial charge in [-0.15, -0.1) is 11.3 Å². The monoisotopic (exact) mass is 241 g/mol. The highest BCUT2D eigenvalue weighted by Gasteiger charge is 2.27. The zero-order valence-electron chi connectivity index (χ0n) is 9.17. The Hall–Kier alpha value is -1.23. The Balaban J connectivity index is 2.85. The van der Waals surface area contributed by atoms with Gasteiger partial charge in [0.1, 0.15) is 6.29 Å². The first kappa shape index (κ1) is 12.8. The van der Waals surface area contributed by atoms with Crippen molar-refractivity contribution in [1.82, 2.24) is 0 Å². The number of rotatable bonds is 7. The second-order valence-corrected chi connectivity index (χ2v) is 4.71. The molecule has 0 amide bonds. The van der Waals surface area contributed by atoms with Crippen LogP contribution in [0, 0.1) is 16.0 Å². The summed E-state index contributed by atoms with van der Waals surface area (Å²) in [4.78, 5) is 22.2. The molecule has 0 radical (unpaired) electrons. The van der Waals surface area contributed by atoms with Crippen molar-refractivity contribution in [2.24, 2.45) is 5.92 Å². The summed E-state index contributed by atoms with van der Waals surface area (Å²) in [5.41, 5.74) is 0. The molecule has 0 aliphatic rings. The third kappa shape index (κ3) is 3.41. The zero-order chi connectivity index (χ0) is 12.0. The maximum Gasteiger partial charge on any atom is 0.212 e. The van der Waals surface area contributed by atoms with Crippen LogP contribution < -0.4 is 0 Å². The van der Waals surface area contributed by atoms with Gasteiger partial charge in [0, 0.05) is 15.7 Å². The Kier molecular flexibility index (Phi) is 5.11. The van der Waals surface area contributed by atoms with Gasteiger partial charge < -0.3 is 4.79 Å². The predicted molar refractivity (Wildman–Crippen MR) is 63.4 cm³/mol. The molecule has 5 heteroatoms. The number of carbonyl (C=O) groups is 1. The summed E-state index contributed by atoms with van der Waals surface area (Å²) in [6, 6.07) is 3.73. The smallest absolute Gasteiger partial charge is 0.212 e. The molecule has 0 spiro atoms. The van der Waals surface area contributed by atoms with Gasteiger partial charge >= 0.3 is 0 Å². The van der Waals surface area contributed by atoms with E-state index in [0.717, 1.165) is 17.6 Å². The van der Waals surface area contributed by atoms with Crippen LogP contribution in [0.2, 0.25) is 0 Å². The van der Waals surface area contributed by atoms with Crippen LogP contribution in [0.25, 0.3) is 0 Å². The van der Waals surface area contributed by atoms with E-state index in [1.807, 2.05) is 24.4 Å². The van der Waals surface area contributed by atoms with Gasteiger partial charge in [-0.25, -0.2) is 0 Å². The van der Waals surface area contributed by atoms with E-state index in [2.05, 4.69) is 0 Å². The standard InChI is InChI=1S/C11H15NO3S/c1-2-4-9(8-13)10(7-12(14)15)11-5-3-6-16-11/h3,5-6,8-10H,2,4,7H2,1H3/t9-,10-/m0/s1. The Bertz CT molecular complexity index is 337. The molecule has 1 rings (SSSR count). The second-order valence-electron chi connectivity index (χ2n) is 3.73. The van der Waals surface area contributed by atoms with Gasteiger partial charge in [-0.3, -0.25) is 10.1 Å². The maximum atomic E-state index is 11.0. The number of nitro groups is 1. The van der Waals surface area contributed by atoms with Gasteiger partial charge in [-0.05, 0) is 17.9 Å². The molecule has 0 saturated carbocycles. The molecule has 0 bridgehead atoms. The first-order valence-corrected chi connectivity index (χ1v) is 6.17. The summed E-state index contributed by atoms with van der Waals surface area (Å²) in [7, 11) is 0. The Morgan fingerprint density at radius 3 is 2.81 bits per heavy atom. The fraction of sp³-hybridized carbons (Fsp3) is 0.545. The molecular weight excluding hydrogens is 226 g/mol. The molecule has 1 heterocycles. The molecule has 4 nitrogen and oxygen atoms in total. The SMILES string of the molecule is CCC[C@@H](C=O)[C@H](C[N+](=O)[O-])c1cccs1. The van der Waals surface area contributed by atoms with E-state index in [9.17, 15) is 14.9 Å². The zero-order valence-corrected chi connectivity index (χ0v) is 9.98. The Morgan fingerprint density at radius 1 is 1.62 bits per heavy atom. The number of hydrogen-bond donors (Lipinski definition) is 0. The molecule has 16 heavy (non-hydrogen) atoms. The van der Waals surface area contributed by atoms with Gasteiger partial charge in [-0.2, -0.15) is 0 Å². The molecule has 0 aromatic carbocycles. The van der Waals surface area contributed by atoms with Crippen molar-refractivity contribution in [1.29, 1.82) is 0 Å². The molecule has 0 saturated heterocycles. The van der Waals surface area contributed by atoms with Crippen LogP contribution in [-0.2, 0) is 4.79 Å². The third-order valence-electron chi connectivity index (χ3n) is 2.57. The van der Waals surface area contributed by atoms with Crippen molar-refractivity contribution in [2.45, 2.75) is 25.7 Å². The lowest BCUT2D eigenvalue weighted by atomic mass is 9.88. The summed E-state index contributed by atoms with van der Waals surface area (Å²) >= 11 is 1.48. The lowest BCUT2D eigenvalue weighted by molar-refractivity contribution is -0.484. The third-order valence-corrected chi connectivity index (χ3v) is 3.57. The van der Waals surface area contributed by atoms with E-state index >= 15 is 0 Å². The highest BCUT2D eigenvalue weighted by atomic mass is 32.1. The Morgan fingerprint density at radius 2 is 2.38 bits per heavy atom. The van der Waals surface area contributed by atoms with Crippen LogP contribution in [-0.4, -0.2) is 17.8 Å². The average Bonchev–Trinajstić information content (AvgIpc) is 2.76. The summed E-state index contributed by atoms with van der Waals surface area (Å²) in [5, 5.41) is 12.5. The van der Waals surface area contributed by atoms with Crippen LogP contribution >= 0.6 is 11.3 Å². The lowest BCUT2D eigenvalue weighted by Crippen LogP contribution is -2.21. The minimum atomic E-state index is -0.337. The molecule has 2 atom stereocenters. The van der Waals surface area contributed by atoms with E-state index in [-0.39, 0.29) is 23.3 Å². The van der Waals surface area contributed by atoms with E-state index in [4.69, 9.17) is 0 Å². The van der Waals surface area contributed by atoms with Crippen LogP contribution in [0.3, 0.4) is 0 Å². The number of nitrogens with zero attached hydrogens (tertiary/aromatic N) is 1. The van der Waals surface area contributed by atoms with Crippen molar-refractivity contribution in [3.05, 3.63) is 32.5 Å². The van der Waals surface area contributed by atoms with Gasteiger partial charge in [0.05, 0.1) is 5.92 Å². The second kappa shape index (κ2) is 6.37. The van der Waals surface area contributed by atoms with E-state index in [1.54, 1.807) is 0 Å². The average molecular weight is 241 g/mol. The van der Waals surface area contributed by atoms with Gasteiger partial charge in [0.15, 0.2) is 0 Å². The lowest BCUT2D eigenvalue weighted by Gasteiger charge is -2.17. The van der Waals surface area contributed by atoms with Crippen LogP contribution in [0.5, 0.6) is 0 Å². The summed E-state index contributed by atoms with van der Waals surface area (Å²) in [6.45, 7) is 1.82. The highest BCUT2D eigenvalue weighted by molar-refractivity contribution is 7.10. The number of thiophene rings is 1. The molecule has 0 unspecified atom stereocenters. The fourth-order valence-corrected chi connectivity index (χ4v) is 2.69. The first-order valence-electron chi connectivity index (χ1n) is 5.29. The van der Waals surface area contributed by atoms with Gasteiger partial charge in [-0.1, -0.05) is 19.4 Å². The van der Waals surface area contributed by atoms with Gasteiger partial charge in [0.2, 0.25) is 6.54 Å². The van der Waals surface area contributed by atoms with Crippen molar-refractivity contribution in [3.63, 3.8) is 0 Å². The van der Waals surface area contributed by atoms with Crippen LogP contribution in [0.4, 0.5) is 0 Å². The molecule has 0 fully saturated rings. The maximum absolute atomic E-state index is 11.0. The molecule has 88 valence electrons. The predicted octanol–water partition coefficient (Wildman–Crippen LogP) is 2.72. The molecule has 1 aromatic heterocycles. The summed E-state index contributed by atoms with van der Waals surface area (Å²) in [5.74, 6) is -0.513. The summed E-state index contributed by atoms with van der Waals surface area (Å²) in [6.07, 6.45) is 2.43. The number of aldehydes is 1. The quantitative estimate of drug-likeness (QED) is 0.419. The summed E-state index contributed by atoms with van der Waals surface area (Å²) < 4.78 is 0. The van der Waals surface area contributed by atoms with Crippen molar-refractivity contribution in [2.75, 3.05) is 6.54 Å². The van der Waals surface area contributed by atoms with Crippen LogP contribution in [0.1, 0.15) is 30.6 Å². The van der Waals surface area contributed by atoms with Crippen molar-refractivity contribution in [3.8, 4) is 0 Å². The van der Waals surface area contributed by atoms with Crippen LogP contribution in [0.15, 0.2) is 17.5 Å². The van der Waals surface area contributed by atoms with E-state index < -0.39 is 0 Å². The number of hydrogen-bond acceptors (Lipinski definition) is 4. The first-order chi connectivity index (χ1) is 7.69. The molecule has 0 aliphatic heterocycles. The molecule has 0 N–H and O–H groups in total. The van der Waals surface area contributed by atoms with Gasteiger partial charge in [0.25, 0.3) is 0 Å². The number of carbonyl (C=O) groups excluding carboxylic acids is 1. The highest BCUT2D eigenvalue weighted by Crippen LogP contribution is 2.30. The molecular formula is C11H15NO3S. The fourth-order valence-electron chi connectivity index (χ4n) is 1.80. The molecule has 0 aliphatic carbocycles. The Labute approximate surface area is 98.4 Å². The molecule has 1 aromatic rings. The minimum Gasteiger partial charge on any atom is -0.303 e. The minimum absolute atomic E-state index is 0.163. The largest absolute Gasteiger partial charge is 0.303 e. The van der Waals surface area contributed by atoms with E-state index in [0.29, 0.717) is 6.42 Å².